The Labute approximate surface area is 169 Å². The second-order valence-corrected chi connectivity index (χ2v) is 7.34. The molecule has 3 rings (SSSR count). The summed E-state index contributed by atoms with van der Waals surface area (Å²) in [6.07, 6.45) is 2.01. The van der Waals surface area contributed by atoms with Crippen LogP contribution in [0.3, 0.4) is 0 Å². The predicted molar refractivity (Wildman–Crippen MR) is 110 cm³/mol. The third kappa shape index (κ3) is 5.24. The molecular formula is C21H24ClN3O3. The van der Waals surface area contributed by atoms with Crippen LogP contribution in [0.25, 0.3) is 0 Å². The predicted octanol–water partition coefficient (Wildman–Crippen LogP) is 3.24. The number of carbonyl (C=O) groups is 2. The van der Waals surface area contributed by atoms with Gasteiger partial charge in [0.2, 0.25) is 11.8 Å². The van der Waals surface area contributed by atoms with Crippen LogP contribution in [0.15, 0.2) is 48.5 Å². The third-order valence-electron chi connectivity index (χ3n) is 4.56. The summed E-state index contributed by atoms with van der Waals surface area (Å²) in [7, 11) is 3.29. The molecule has 2 aromatic rings. The average molecular weight is 402 g/mol. The minimum atomic E-state index is -0.547. The molecule has 2 N–H and O–H groups in total. The van der Waals surface area contributed by atoms with Gasteiger partial charge in [0.15, 0.2) is 0 Å². The molecule has 1 aliphatic carbocycles. The lowest BCUT2D eigenvalue weighted by Gasteiger charge is -2.27. The number of nitrogens with one attached hydrogen (secondary N) is 2. The van der Waals surface area contributed by atoms with E-state index in [2.05, 4.69) is 10.6 Å². The van der Waals surface area contributed by atoms with Gasteiger partial charge in [-0.1, -0.05) is 41.9 Å². The van der Waals surface area contributed by atoms with Crippen LogP contribution in [0.1, 0.15) is 24.4 Å². The zero-order chi connectivity index (χ0) is 20.1. The van der Waals surface area contributed by atoms with Gasteiger partial charge in [-0.3, -0.25) is 14.5 Å². The van der Waals surface area contributed by atoms with Crippen molar-refractivity contribution in [2.24, 2.45) is 0 Å². The van der Waals surface area contributed by atoms with E-state index in [4.69, 9.17) is 16.3 Å². The van der Waals surface area contributed by atoms with Crippen molar-refractivity contribution in [1.29, 1.82) is 0 Å². The first-order chi connectivity index (χ1) is 13.5. The molecule has 1 fully saturated rings. The Morgan fingerprint density at radius 2 is 1.93 bits per heavy atom. The number of hydrogen-bond acceptors (Lipinski definition) is 4. The summed E-state index contributed by atoms with van der Waals surface area (Å²) in [6, 6.07) is 14.2. The molecule has 0 heterocycles. The van der Waals surface area contributed by atoms with Crippen LogP contribution in [0.5, 0.6) is 5.75 Å². The lowest BCUT2D eigenvalue weighted by atomic mass is 10.0. The molecule has 0 radical (unpaired) electrons. The number of carbonyl (C=O) groups excluding carboxylic acids is 2. The van der Waals surface area contributed by atoms with Gasteiger partial charge in [0.25, 0.3) is 0 Å². The number of ether oxygens (including phenoxy) is 1. The molecule has 0 saturated heterocycles. The van der Waals surface area contributed by atoms with Crippen LogP contribution in [-0.2, 0) is 9.59 Å². The SMILES string of the molecule is COc1ccc(Cl)cc1NC(=O)CN(C)[C@H](C(=O)NC1CC1)c1ccccc1. The minimum absolute atomic E-state index is 0.0350. The summed E-state index contributed by atoms with van der Waals surface area (Å²) < 4.78 is 5.26. The van der Waals surface area contributed by atoms with Gasteiger partial charge < -0.3 is 15.4 Å². The topological polar surface area (TPSA) is 70.7 Å². The van der Waals surface area contributed by atoms with E-state index in [-0.39, 0.29) is 24.4 Å². The molecule has 2 amide bonds. The highest BCUT2D eigenvalue weighted by Crippen LogP contribution is 2.28. The number of rotatable bonds is 8. The van der Waals surface area contributed by atoms with Crippen molar-refractivity contribution >= 4 is 29.1 Å². The summed E-state index contributed by atoms with van der Waals surface area (Å²) in [5.41, 5.74) is 1.34. The molecule has 1 atom stereocenters. The van der Waals surface area contributed by atoms with E-state index < -0.39 is 6.04 Å². The van der Waals surface area contributed by atoms with E-state index >= 15 is 0 Å². The molecule has 6 nitrogen and oxygen atoms in total. The first-order valence-corrected chi connectivity index (χ1v) is 9.54. The number of likely N-dealkylation sites (N-methyl/N-ethyl adjacent to an activating group) is 1. The van der Waals surface area contributed by atoms with Crippen molar-refractivity contribution in [3.63, 3.8) is 0 Å². The van der Waals surface area contributed by atoms with E-state index in [9.17, 15) is 9.59 Å². The monoisotopic (exact) mass is 401 g/mol. The van der Waals surface area contributed by atoms with E-state index in [0.717, 1.165) is 18.4 Å². The van der Waals surface area contributed by atoms with Crippen molar-refractivity contribution in [1.82, 2.24) is 10.2 Å². The Morgan fingerprint density at radius 1 is 1.21 bits per heavy atom. The zero-order valence-electron chi connectivity index (χ0n) is 15.9. The van der Waals surface area contributed by atoms with Crippen molar-refractivity contribution in [2.45, 2.75) is 24.9 Å². The molecule has 0 bridgehead atoms. The average Bonchev–Trinajstić information content (AvgIpc) is 3.46. The Morgan fingerprint density at radius 3 is 2.57 bits per heavy atom. The minimum Gasteiger partial charge on any atom is -0.495 e. The quantitative estimate of drug-likeness (QED) is 0.712. The van der Waals surface area contributed by atoms with Crippen LogP contribution in [0.4, 0.5) is 5.69 Å². The van der Waals surface area contributed by atoms with Crippen molar-refractivity contribution in [2.75, 3.05) is 26.0 Å². The maximum atomic E-state index is 12.8. The maximum Gasteiger partial charge on any atom is 0.242 e. The van der Waals surface area contributed by atoms with Gasteiger partial charge in [0.1, 0.15) is 11.8 Å². The molecule has 0 spiro atoms. The fourth-order valence-electron chi connectivity index (χ4n) is 3.03. The third-order valence-corrected chi connectivity index (χ3v) is 4.79. The van der Waals surface area contributed by atoms with Gasteiger partial charge >= 0.3 is 0 Å². The van der Waals surface area contributed by atoms with Crippen LogP contribution in [0, 0.1) is 0 Å². The van der Waals surface area contributed by atoms with Crippen LogP contribution >= 0.6 is 11.6 Å². The molecular weight excluding hydrogens is 378 g/mol. The van der Waals surface area contributed by atoms with Crippen LogP contribution < -0.4 is 15.4 Å². The largest absolute Gasteiger partial charge is 0.495 e. The number of halogens is 1. The molecule has 0 aromatic heterocycles. The number of benzene rings is 2. The number of amides is 2. The highest BCUT2D eigenvalue weighted by atomic mass is 35.5. The summed E-state index contributed by atoms with van der Waals surface area (Å²) in [4.78, 5) is 27.1. The van der Waals surface area contributed by atoms with E-state index in [1.165, 1.54) is 7.11 Å². The number of hydrogen-bond donors (Lipinski definition) is 2. The smallest absolute Gasteiger partial charge is 0.242 e. The lowest BCUT2D eigenvalue weighted by Crippen LogP contribution is -2.42. The van der Waals surface area contributed by atoms with Gasteiger partial charge in [-0.05, 0) is 43.7 Å². The Bertz CT molecular complexity index is 840. The summed E-state index contributed by atoms with van der Waals surface area (Å²) in [5.74, 6) is 0.166. The summed E-state index contributed by atoms with van der Waals surface area (Å²) in [6.45, 7) is 0.0350. The highest BCUT2D eigenvalue weighted by molar-refractivity contribution is 6.31. The first-order valence-electron chi connectivity index (χ1n) is 9.17. The molecule has 7 heteroatoms. The Balaban J connectivity index is 1.72. The second kappa shape index (κ2) is 9.08. The fraction of sp³-hybridized carbons (Fsp3) is 0.333. The van der Waals surface area contributed by atoms with E-state index in [1.807, 2.05) is 30.3 Å². The Hall–Kier alpha value is -2.57. The molecule has 0 aliphatic heterocycles. The van der Waals surface area contributed by atoms with Crippen LogP contribution in [-0.4, -0.2) is 43.5 Å². The van der Waals surface area contributed by atoms with Gasteiger partial charge in [0, 0.05) is 11.1 Å². The highest BCUT2D eigenvalue weighted by Gasteiger charge is 2.31. The first kappa shape index (κ1) is 20.2. The van der Waals surface area contributed by atoms with Crippen LogP contribution in [0.2, 0.25) is 5.02 Å². The number of anilines is 1. The second-order valence-electron chi connectivity index (χ2n) is 6.90. The van der Waals surface area contributed by atoms with Crippen molar-refractivity contribution < 1.29 is 14.3 Å². The van der Waals surface area contributed by atoms with Gasteiger partial charge in [-0.2, -0.15) is 0 Å². The Kier molecular flexibility index (Phi) is 6.54. The molecule has 1 saturated carbocycles. The zero-order valence-corrected chi connectivity index (χ0v) is 16.7. The summed E-state index contributed by atoms with van der Waals surface area (Å²) >= 11 is 6.02. The fourth-order valence-corrected chi connectivity index (χ4v) is 3.21. The lowest BCUT2D eigenvalue weighted by molar-refractivity contribution is -0.127. The number of methoxy groups -OCH3 is 1. The maximum absolute atomic E-state index is 12.8. The van der Waals surface area contributed by atoms with Gasteiger partial charge in [0.05, 0.1) is 19.3 Å². The van der Waals surface area contributed by atoms with E-state index in [0.29, 0.717) is 16.5 Å². The molecule has 2 aromatic carbocycles. The summed E-state index contributed by atoms with van der Waals surface area (Å²) in [5, 5.41) is 6.34. The van der Waals surface area contributed by atoms with Crippen molar-refractivity contribution in [3.8, 4) is 5.75 Å². The number of nitrogens with zero attached hydrogens (tertiary/aromatic N) is 1. The molecule has 148 valence electrons. The van der Waals surface area contributed by atoms with E-state index in [1.54, 1.807) is 30.1 Å². The van der Waals surface area contributed by atoms with Gasteiger partial charge in [-0.15, -0.1) is 0 Å². The molecule has 28 heavy (non-hydrogen) atoms. The molecule has 0 unspecified atom stereocenters. The standard InChI is InChI=1S/C21H24ClN3O3/c1-25(13-19(26)24-17-12-15(22)8-11-18(17)28-2)20(14-6-4-3-5-7-14)21(27)23-16-9-10-16/h3-8,11-12,16,20H,9-10,13H2,1-2H3,(H,23,27)(H,24,26)/t20-/m0/s1. The molecule has 1 aliphatic rings. The normalized spacial score (nSPS) is 14.4. The van der Waals surface area contributed by atoms with Crippen molar-refractivity contribution in [3.05, 3.63) is 59.1 Å². The van der Waals surface area contributed by atoms with Gasteiger partial charge in [-0.25, -0.2) is 0 Å².